The van der Waals surface area contributed by atoms with Gasteiger partial charge < -0.3 is 16.0 Å². The molecule has 1 rings (SSSR count). The van der Waals surface area contributed by atoms with Gasteiger partial charge in [0.1, 0.15) is 0 Å². The number of amides is 3. The molecule has 0 saturated carbocycles. The summed E-state index contributed by atoms with van der Waals surface area (Å²) in [7, 11) is 1.60. The van der Waals surface area contributed by atoms with E-state index in [0.717, 1.165) is 12.0 Å². The summed E-state index contributed by atoms with van der Waals surface area (Å²) in [4.78, 5) is 42.1. The fraction of sp³-hybridized carbons (Fsp3) is 0.654. The summed E-state index contributed by atoms with van der Waals surface area (Å²) in [6.07, 6.45) is 2.12. The van der Waals surface area contributed by atoms with Crippen LogP contribution in [0.1, 0.15) is 65.9 Å². The molecular weight excluding hydrogens is 432 g/mol. The third-order valence-corrected chi connectivity index (χ3v) is 5.44. The third-order valence-electron chi connectivity index (χ3n) is 5.44. The van der Waals surface area contributed by atoms with E-state index < -0.39 is 6.04 Å². The fourth-order valence-electron chi connectivity index (χ4n) is 3.75. The molecule has 192 valence electrons. The molecule has 0 fully saturated rings. The highest BCUT2D eigenvalue weighted by Crippen LogP contribution is 2.21. The van der Waals surface area contributed by atoms with Gasteiger partial charge in [0.15, 0.2) is 0 Å². The summed E-state index contributed by atoms with van der Waals surface area (Å²) in [5.41, 5.74) is 3.22. The van der Waals surface area contributed by atoms with Gasteiger partial charge in [-0.1, -0.05) is 65.0 Å². The first-order valence-corrected chi connectivity index (χ1v) is 12.2. The summed E-state index contributed by atoms with van der Waals surface area (Å²) in [5, 5.41) is 8.92. The fourth-order valence-corrected chi connectivity index (χ4v) is 3.75. The van der Waals surface area contributed by atoms with E-state index in [0.29, 0.717) is 44.9 Å². The summed E-state index contributed by atoms with van der Waals surface area (Å²) in [6.45, 7) is 11.6. The zero-order chi connectivity index (χ0) is 25.6. The van der Waals surface area contributed by atoms with Crippen molar-refractivity contribution in [2.24, 2.45) is 17.3 Å². The van der Waals surface area contributed by atoms with Gasteiger partial charge in [-0.2, -0.15) is 0 Å². The van der Waals surface area contributed by atoms with Gasteiger partial charge in [-0.15, -0.1) is 0 Å². The van der Waals surface area contributed by atoms with Crippen LogP contribution in [-0.4, -0.2) is 43.9 Å². The Morgan fingerprint density at radius 2 is 1.71 bits per heavy atom. The predicted octanol–water partition coefficient (Wildman–Crippen LogP) is 2.93. The first-order chi connectivity index (χ1) is 16.0. The number of rotatable bonds is 15. The quantitative estimate of drug-likeness (QED) is 0.230. The summed E-state index contributed by atoms with van der Waals surface area (Å²) >= 11 is 0. The van der Waals surface area contributed by atoms with Crippen molar-refractivity contribution in [1.82, 2.24) is 21.4 Å². The largest absolute Gasteiger partial charge is 0.359 e. The number of hydrogen-bond donors (Lipinski definition) is 4. The van der Waals surface area contributed by atoms with Crippen molar-refractivity contribution < 1.29 is 19.2 Å². The van der Waals surface area contributed by atoms with Gasteiger partial charge in [0.05, 0.1) is 12.6 Å². The lowest BCUT2D eigenvalue weighted by Gasteiger charge is -2.32. The van der Waals surface area contributed by atoms with Gasteiger partial charge in [-0.25, -0.2) is 5.48 Å². The van der Waals surface area contributed by atoms with Crippen LogP contribution in [0, 0.1) is 17.3 Å². The molecule has 8 nitrogen and oxygen atoms in total. The maximum atomic E-state index is 12.9. The highest BCUT2D eigenvalue weighted by molar-refractivity contribution is 5.82. The molecule has 3 amide bonds. The highest BCUT2D eigenvalue weighted by Gasteiger charge is 2.31. The number of carbonyl (C=O) groups is 3. The topological polar surface area (TPSA) is 109 Å². The van der Waals surface area contributed by atoms with Crippen molar-refractivity contribution in [3.8, 4) is 0 Å². The molecule has 0 saturated heterocycles. The lowest BCUT2D eigenvalue weighted by molar-refractivity contribution is -0.135. The summed E-state index contributed by atoms with van der Waals surface area (Å²) < 4.78 is 0. The van der Waals surface area contributed by atoms with Crippen molar-refractivity contribution in [2.75, 3.05) is 20.1 Å². The lowest BCUT2D eigenvalue weighted by Crippen LogP contribution is -2.53. The first-order valence-electron chi connectivity index (χ1n) is 12.2. The number of hydrogen-bond acceptors (Lipinski definition) is 5. The van der Waals surface area contributed by atoms with Crippen molar-refractivity contribution in [2.45, 2.75) is 73.0 Å². The van der Waals surface area contributed by atoms with Crippen LogP contribution in [0.4, 0.5) is 0 Å². The van der Waals surface area contributed by atoms with E-state index >= 15 is 0 Å². The second-order valence-electron chi connectivity index (χ2n) is 10.3. The van der Waals surface area contributed by atoms with Crippen LogP contribution in [0.5, 0.6) is 0 Å². The maximum Gasteiger partial charge on any atom is 0.243 e. The average molecular weight is 477 g/mol. The van der Waals surface area contributed by atoms with Gasteiger partial charge in [-0.05, 0) is 42.2 Å². The molecule has 0 radical (unpaired) electrons. The normalized spacial score (nSPS) is 13.3. The van der Waals surface area contributed by atoms with Crippen LogP contribution < -0.4 is 21.4 Å². The lowest BCUT2D eigenvalue weighted by atomic mass is 9.85. The molecule has 1 aromatic rings. The SMILES string of the molecule is CNC(=O)CCCNC(=O)[C@@H](NC[C@@H](CC(=O)NOCc1ccccc1)CC(C)C)C(C)(C)C. The molecule has 0 aliphatic carbocycles. The first kappa shape index (κ1) is 29.6. The number of benzene rings is 1. The Kier molecular flexibility index (Phi) is 13.4. The second-order valence-corrected chi connectivity index (χ2v) is 10.3. The Morgan fingerprint density at radius 1 is 1.03 bits per heavy atom. The Morgan fingerprint density at radius 3 is 2.29 bits per heavy atom. The minimum atomic E-state index is -0.417. The smallest absolute Gasteiger partial charge is 0.243 e. The molecule has 0 unspecified atom stereocenters. The van der Waals surface area contributed by atoms with Crippen LogP contribution in [0.25, 0.3) is 0 Å². The van der Waals surface area contributed by atoms with E-state index in [1.165, 1.54) is 0 Å². The zero-order valence-corrected chi connectivity index (χ0v) is 21.7. The van der Waals surface area contributed by atoms with Gasteiger partial charge in [-0.3, -0.25) is 19.2 Å². The molecule has 0 aliphatic heterocycles. The Labute approximate surface area is 204 Å². The van der Waals surface area contributed by atoms with Crippen molar-refractivity contribution in [1.29, 1.82) is 0 Å². The van der Waals surface area contributed by atoms with Crippen molar-refractivity contribution in [3.05, 3.63) is 35.9 Å². The molecule has 0 aromatic heterocycles. The van der Waals surface area contributed by atoms with Gasteiger partial charge in [0, 0.05) is 26.4 Å². The number of nitrogens with one attached hydrogen (secondary N) is 4. The standard InChI is InChI=1S/C26H44N4O4/c1-19(2)15-21(16-23(32)30-34-18-20-11-8-7-9-12-20)17-29-24(26(3,4)5)25(33)28-14-10-13-22(31)27-6/h7-9,11-12,19,21,24,29H,10,13-18H2,1-6H3,(H,27,31)(H,28,33)(H,30,32)/t21-,24-/m1/s1. The number of hydroxylamine groups is 1. The molecule has 0 heterocycles. The Bertz CT molecular complexity index is 747. The maximum absolute atomic E-state index is 12.9. The molecule has 2 atom stereocenters. The van der Waals surface area contributed by atoms with Crippen LogP contribution >= 0.6 is 0 Å². The second kappa shape index (κ2) is 15.5. The van der Waals surface area contributed by atoms with Gasteiger partial charge >= 0.3 is 0 Å². The molecule has 1 aromatic carbocycles. The van der Waals surface area contributed by atoms with Crippen molar-refractivity contribution in [3.63, 3.8) is 0 Å². The third kappa shape index (κ3) is 12.7. The summed E-state index contributed by atoms with van der Waals surface area (Å²) in [6, 6.07) is 9.24. The van der Waals surface area contributed by atoms with Crippen molar-refractivity contribution >= 4 is 17.7 Å². The predicted molar refractivity (Wildman–Crippen MR) is 134 cm³/mol. The highest BCUT2D eigenvalue weighted by atomic mass is 16.6. The molecular formula is C26H44N4O4. The van der Waals surface area contributed by atoms with Crippen LogP contribution in [0.15, 0.2) is 30.3 Å². The Hall–Kier alpha value is -2.45. The molecule has 34 heavy (non-hydrogen) atoms. The van der Waals surface area contributed by atoms with E-state index in [-0.39, 0.29) is 29.1 Å². The minimum absolute atomic E-state index is 0.0395. The molecule has 0 bridgehead atoms. The minimum Gasteiger partial charge on any atom is -0.359 e. The van der Waals surface area contributed by atoms with E-state index in [1.54, 1.807) is 7.05 Å². The van der Waals surface area contributed by atoms with E-state index in [1.807, 2.05) is 51.1 Å². The Balaban J connectivity index is 2.59. The number of carbonyl (C=O) groups excluding carboxylic acids is 3. The van der Waals surface area contributed by atoms with E-state index in [9.17, 15) is 14.4 Å². The van der Waals surface area contributed by atoms with Crippen LogP contribution in [0.3, 0.4) is 0 Å². The van der Waals surface area contributed by atoms with E-state index in [4.69, 9.17) is 4.84 Å². The van der Waals surface area contributed by atoms with Crippen LogP contribution in [0.2, 0.25) is 0 Å². The molecule has 4 N–H and O–H groups in total. The van der Waals surface area contributed by atoms with Gasteiger partial charge in [0.25, 0.3) is 0 Å². The molecule has 8 heteroatoms. The molecule has 0 aliphatic rings. The van der Waals surface area contributed by atoms with Gasteiger partial charge in [0.2, 0.25) is 17.7 Å². The monoisotopic (exact) mass is 476 g/mol. The van der Waals surface area contributed by atoms with E-state index in [2.05, 4.69) is 35.3 Å². The zero-order valence-electron chi connectivity index (χ0n) is 21.7. The molecule has 0 spiro atoms. The van der Waals surface area contributed by atoms with Crippen LogP contribution in [-0.2, 0) is 25.8 Å². The summed E-state index contributed by atoms with van der Waals surface area (Å²) in [5.74, 6) is 0.169. The average Bonchev–Trinajstić information content (AvgIpc) is 2.76.